The molecule has 0 aliphatic heterocycles. The van der Waals surface area contributed by atoms with Crippen LogP contribution in [0.2, 0.25) is 0 Å². The summed E-state index contributed by atoms with van der Waals surface area (Å²) in [6.07, 6.45) is 0. The Morgan fingerprint density at radius 3 is 2.40 bits per heavy atom. The molecule has 3 rings (SSSR count). The fourth-order valence-electron chi connectivity index (χ4n) is 1.96. The third-order valence-corrected chi connectivity index (χ3v) is 2.91. The van der Waals surface area contributed by atoms with Gasteiger partial charge in [0.1, 0.15) is 0 Å². The van der Waals surface area contributed by atoms with E-state index in [1.807, 2.05) is 54.6 Å². The number of halogens is 1. The average molecular weight is 288 g/mol. The maximum Gasteiger partial charge on any atom is 0.184 e. The Morgan fingerprint density at radius 1 is 0.950 bits per heavy atom. The number of aromatic nitrogens is 4. The third-order valence-electron chi connectivity index (χ3n) is 2.91. The Bertz CT molecular complexity index is 681. The Morgan fingerprint density at radius 2 is 1.65 bits per heavy atom. The van der Waals surface area contributed by atoms with Crippen molar-refractivity contribution in [3.8, 4) is 11.4 Å². The molecule has 5 nitrogen and oxygen atoms in total. The van der Waals surface area contributed by atoms with Gasteiger partial charge in [0, 0.05) is 11.3 Å². The van der Waals surface area contributed by atoms with Gasteiger partial charge in [-0.15, -0.1) is 17.5 Å². The van der Waals surface area contributed by atoms with Crippen molar-refractivity contribution in [2.45, 2.75) is 6.54 Å². The largest absolute Gasteiger partial charge is 0.398 e. The molecule has 0 spiro atoms. The monoisotopic (exact) mass is 287 g/mol. The highest BCUT2D eigenvalue weighted by atomic mass is 35.5. The molecule has 102 valence electrons. The second-order valence-corrected chi connectivity index (χ2v) is 4.23. The molecule has 1 heterocycles. The first kappa shape index (κ1) is 14.0. The minimum absolute atomic E-state index is 0. The topological polar surface area (TPSA) is 69.6 Å². The van der Waals surface area contributed by atoms with E-state index < -0.39 is 0 Å². The molecule has 2 aromatic carbocycles. The first-order chi connectivity index (χ1) is 9.34. The van der Waals surface area contributed by atoms with E-state index >= 15 is 0 Å². The third kappa shape index (κ3) is 2.78. The average Bonchev–Trinajstić information content (AvgIpc) is 2.88. The lowest BCUT2D eigenvalue weighted by Crippen LogP contribution is -2.05. The quantitative estimate of drug-likeness (QED) is 0.751. The van der Waals surface area contributed by atoms with Crippen molar-refractivity contribution < 1.29 is 0 Å². The molecule has 3 aromatic rings. The van der Waals surface area contributed by atoms with Crippen LogP contribution in [-0.4, -0.2) is 20.2 Å². The van der Waals surface area contributed by atoms with Crippen LogP contribution in [0.5, 0.6) is 0 Å². The molecule has 20 heavy (non-hydrogen) atoms. The Kier molecular flexibility index (Phi) is 4.32. The van der Waals surface area contributed by atoms with Crippen LogP contribution in [0.3, 0.4) is 0 Å². The molecule has 0 saturated heterocycles. The van der Waals surface area contributed by atoms with E-state index in [1.54, 1.807) is 4.68 Å². The fraction of sp³-hybridized carbons (Fsp3) is 0.0714. The van der Waals surface area contributed by atoms with Gasteiger partial charge in [0.05, 0.1) is 6.54 Å². The molecule has 0 aliphatic rings. The minimum Gasteiger partial charge on any atom is -0.398 e. The van der Waals surface area contributed by atoms with E-state index in [-0.39, 0.29) is 12.4 Å². The molecule has 0 bridgehead atoms. The molecule has 1 aromatic heterocycles. The molecule has 0 fully saturated rings. The van der Waals surface area contributed by atoms with Gasteiger partial charge in [-0.1, -0.05) is 42.5 Å². The summed E-state index contributed by atoms with van der Waals surface area (Å²) in [4.78, 5) is 0. The molecule has 0 aliphatic carbocycles. The predicted octanol–water partition coefficient (Wildman–Crippen LogP) is 2.39. The molecule has 0 radical (unpaired) electrons. The summed E-state index contributed by atoms with van der Waals surface area (Å²) in [5, 5.41) is 11.8. The first-order valence-electron chi connectivity index (χ1n) is 5.99. The van der Waals surface area contributed by atoms with Crippen LogP contribution in [0.25, 0.3) is 11.4 Å². The number of nitrogen functional groups attached to an aromatic ring is 1. The highest BCUT2D eigenvalue weighted by Gasteiger charge is 2.11. The molecular formula is C14H14ClN5. The van der Waals surface area contributed by atoms with E-state index in [0.29, 0.717) is 18.1 Å². The van der Waals surface area contributed by atoms with Gasteiger partial charge >= 0.3 is 0 Å². The predicted molar refractivity (Wildman–Crippen MR) is 80.5 cm³/mol. The van der Waals surface area contributed by atoms with Crippen molar-refractivity contribution >= 4 is 18.1 Å². The Labute approximate surface area is 122 Å². The summed E-state index contributed by atoms with van der Waals surface area (Å²) in [6, 6.07) is 17.6. The van der Waals surface area contributed by atoms with E-state index in [4.69, 9.17) is 5.73 Å². The lowest BCUT2D eigenvalue weighted by atomic mass is 10.1. The summed E-state index contributed by atoms with van der Waals surface area (Å²) in [5.74, 6) is 0.682. The second kappa shape index (κ2) is 6.16. The summed E-state index contributed by atoms with van der Waals surface area (Å²) in [6.45, 7) is 0.623. The number of hydrogen-bond acceptors (Lipinski definition) is 4. The van der Waals surface area contributed by atoms with Crippen molar-refractivity contribution in [1.29, 1.82) is 0 Å². The van der Waals surface area contributed by atoms with E-state index in [9.17, 15) is 0 Å². The summed E-state index contributed by atoms with van der Waals surface area (Å²) >= 11 is 0. The molecule has 0 atom stereocenters. The number of rotatable bonds is 3. The van der Waals surface area contributed by atoms with E-state index in [2.05, 4.69) is 15.5 Å². The highest BCUT2D eigenvalue weighted by molar-refractivity contribution is 5.85. The van der Waals surface area contributed by atoms with Gasteiger partial charge in [-0.3, -0.25) is 0 Å². The molecule has 0 unspecified atom stereocenters. The van der Waals surface area contributed by atoms with Crippen molar-refractivity contribution in [2.24, 2.45) is 0 Å². The maximum atomic E-state index is 5.97. The van der Waals surface area contributed by atoms with Crippen LogP contribution in [0.15, 0.2) is 54.6 Å². The fourth-order valence-corrected chi connectivity index (χ4v) is 1.96. The van der Waals surface area contributed by atoms with Gasteiger partial charge in [-0.2, -0.15) is 0 Å². The van der Waals surface area contributed by atoms with Gasteiger partial charge in [0.25, 0.3) is 0 Å². The Hall–Kier alpha value is -2.40. The number of tetrazole rings is 1. The number of nitrogens with zero attached hydrogens (tertiary/aromatic N) is 4. The van der Waals surface area contributed by atoms with Crippen molar-refractivity contribution in [2.75, 3.05) is 5.73 Å². The van der Waals surface area contributed by atoms with Crippen molar-refractivity contribution in [3.63, 3.8) is 0 Å². The zero-order valence-corrected chi connectivity index (χ0v) is 11.5. The van der Waals surface area contributed by atoms with Crippen LogP contribution in [0, 0.1) is 0 Å². The molecule has 0 saturated carbocycles. The zero-order valence-electron chi connectivity index (χ0n) is 10.7. The van der Waals surface area contributed by atoms with Gasteiger partial charge in [0.15, 0.2) is 5.82 Å². The number of nitrogens with two attached hydrogens (primary N) is 1. The summed E-state index contributed by atoms with van der Waals surface area (Å²) in [5.41, 5.74) is 8.63. The van der Waals surface area contributed by atoms with E-state index in [0.717, 1.165) is 11.1 Å². The summed E-state index contributed by atoms with van der Waals surface area (Å²) in [7, 11) is 0. The van der Waals surface area contributed by atoms with Crippen LogP contribution in [0.4, 0.5) is 5.69 Å². The smallest absolute Gasteiger partial charge is 0.184 e. The van der Waals surface area contributed by atoms with Gasteiger partial charge in [-0.25, -0.2) is 4.68 Å². The van der Waals surface area contributed by atoms with Crippen LogP contribution >= 0.6 is 12.4 Å². The molecule has 2 N–H and O–H groups in total. The van der Waals surface area contributed by atoms with Gasteiger partial charge in [-0.05, 0) is 28.1 Å². The second-order valence-electron chi connectivity index (χ2n) is 4.23. The molecular weight excluding hydrogens is 274 g/mol. The number of hydrogen-bond donors (Lipinski definition) is 1. The molecule has 0 amide bonds. The Balaban J connectivity index is 0.00000147. The van der Waals surface area contributed by atoms with Crippen LogP contribution in [0.1, 0.15) is 5.56 Å². The van der Waals surface area contributed by atoms with Crippen LogP contribution < -0.4 is 5.73 Å². The normalized spacial score (nSPS) is 10.0. The zero-order chi connectivity index (χ0) is 13.1. The SMILES string of the molecule is Cl.Nc1ccccc1-c1nnnn1Cc1ccccc1. The van der Waals surface area contributed by atoms with Crippen molar-refractivity contribution in [3.05, 3.63) is 60.2 Å². The molecule has 6 heteroatoms. The van der Waals surface area contributed by atoms with Gasteiger partial charge < -0.3 is 5.73 Å². The number of benzene rings is 2. The van der Waals surface area contributed by atoms with Crippen molar-refractivity contribution in [1.82, 2.24) is 20.2 Å². The standard InChI is InChI=1S/C14H13N5.ClH/c15-13-9-5-4-8-12(13)14-16-17-18-19(14)10-11-6-2-1-3-7-11;/h1-9H,10,15H2;1H. The van der Waals surface area contributed by atoms with Crippen LogP contribution in [-0.2, 0) is 6.54 Å². The van der Waals surface area contributed by atoms with E-state index in [1.165, 1.54) is 0 Å². The lowest BCUT2D eigenvalue weighted by molar-refractivity contribution is 0.653. The van der Waals surface area contributed by atoms with Gasteiger partial charge in [0.2, 0.25) is 0 Å². The minimum atomic E-state index is 0. The lowest BCUT2D eigenvalue weighted by Gasteiger charge is -2.06. The highest BCUT2D eigenvalue weighted by Crippen LogP contribution is 2.22. The number of para-hydroxylation sites is 1. The maximum absolute atomic E-state index is 5.97. The summed E-state index contributed by atoms with van der Waals surface area (Å²) < 4.78 is 1.75. The number of anilines is 1. The first-order valence-corrected chi connectivity index (χ1v) is 5.99.